The first-order valence-electron chi connectivity index (χ1n) is 8.78. The van der Waals surface area contributed by atoms with Crippen LogP contribution in [0.5, 0.6) is 0 Å². The minimum atomic E-state index is -3.48. The van der Waals surface area contributed by atoms with Crippen molar-refractivity contribution in [1.82, 2.24) is 8.87 Å². The van der Waals surface area contributed by atoms with Crippen molar-refractivity contribution in [1.29, 1.82) is 0 Å². The number of hydrogen-bond acceptors (Lipinski definition) is 3. The van der Waals surface area contributed by atoms with Crippen molar-refractivity contribution >= 4 is 21.6 Å². The van der Waals surface area contributed by atoms with Gasteiger partial charge in [0.05, 0.1) is 4.90 Å². The molecule has 0 aliphatic carbocycles. The number of rotatable bonds is 4. The van der Waals surface area contributed by atoms with Crippen molar-refractivity contribution in [2.24, 2.45) is 13.0 Å². The Morgan fingerprint density at radius 1 is 1.12 bits per heavy atom. The average Bonchev–Trinajstić information content (AvgIpc) is 3.05. The highest BCUT2D eigenvalue weighted by Gasteiger charge is 2.32. The van der Waals surface area contributed by atoms with Gasteiger partial charge in [-0.3, -0.25) is 4.79 Å². The summed E-state index contributed by atoms with van der Waals surface area (Å²) in [6.45, 7) is 4.67. The fourth-order valence-electron chi connectivity index (χ4n) is 3.37. The first-order chi connectivity index (χ1) is 12.3. The number of nitrogens with one attached hydrogen (secondary N) is 1. The first-order valence-corrected chi connectivity index (χ1v) is 10.2. The van der Waals surface area contributed by atoms with E-state index in [0.29, 0.717) is 30.8 Å². The van der Waals surface area contributed by atoms with Crippen LogP contribution in [0.15, 0.2) is 41.6 Å². The zero-order valence-electron chi connectivity index (χ0n) is 15.4. The number of carbonyl (C=O) groups excluding carboxylic acids is 1. The number of carbonyl (C=O) groups is 1. The van der Waals surface area contributed by atoms with E-state index in [0.717, 1.165) is 16.8 Å². The lowest BCUT2D eigenvalue weighted by Crippen LogP contribution is -2.41. The van der Waals surface area contributed by atoms with Crippen LogP contribution < -0.4 is 5.32 Å². The molecule has 1 aliphatic rings. The fourth-order valence-corrected chi connectivity index (χ4v) is 4.90. The van der Waals surface area contributed by atoms with Gasteiger partial charge in [-0.05, 0) is 43.9 Å². The highest BCUT2D eigenvalue weighted by atomic mass is 32.2. The maximum Gasteiger partial charge on any atom is 0.244 e. The summed E-state index contributed by atoms with van der Waals surface area (Å²) in [6, 6.07) is 7.51. The molecule has 140 valence electrons. The van der Waals surface area contributed by atoms with E-state index in [2.05, 4.69) is 5.32 Å². The zero-order chi connectivity index (χ0) is 18.9. The molecule has 1 aliphatic heterocycles. The number of amides is 1. The summed E-state index contributed by atoms with van der Waals surface area (Å²) >= 11 is 0. The average molecular weight is 375 g/mol. The normalized spacial score (nSPS) is 16.6. The number of aryl methyl sites for hydroxylation is 3. The number of para-hydroxylation sites is 1. The molecular weight excluding hydrogens is 350 g/mol. The van der Waals surface area contributed by atoms with Gasteiger partial charge >= 0.3 is 0 Å². The molecule has 3 rings (SSSR count). The molecule has 0 bridgehead atoms. The van der Waals surface area contributed by atoms with Gasteiger partial charge < -0.3 is 9.88 Å². The maximum atomic E-state index is 12.7. The number of nitrogens with zero attached hydrogens (tertiary/aromatic N) is 2. The van der Waals surface area contributed by atoms with Crippen LogP contribution in [-0.4, -0.2) is 36.3 Å². The molecule has 6 nitrogen and oxygen atoms in total. The quantitative estimate of drug-likeness (QED) is 0.893. The van der Waals surface area contributed by atoms with E-state index in [4.69, 9.17) is 0 Å². The van der Waals surface area contributed by atoms with Crippen LogP contribution in [0, 0.1) is 19.8 Å². The lowest BCUT2D eigenvalue weighted by Gasteiger charge is -2.30. The van der Waals surface area contributed by atoms with E-state index in [1.54, 1.807) is 30.1 Å². The van der Waals surface area contributed by atoms with Gasteiger partial charge in [0.15, 0.2) is 0 Å². The topological polar surface area (TPSA) is 71.4 Å². The highest BCUT2D eigenvalue weighted by molar-refractivity contribution is 7.89. The van der Waals surface area contributed by atoms with Crippen molar-refractivity contribution in [2.45, 2.75) is 31.6 Å². The number of benzene rings is 1. The molecule has 1 fully saturated rings. The number of aromatic nitrogens is 1. The largest absolute Gasteiger partial charge is 0.356 e. The number of anilines is 1. The summed E-state index contributed by atoms with van der Waals surface area (Å²) in [5.41, 5.74) is 2.92. The molecule has 1 amide bonds. The van der Waals surface area contributed by atoms with Crippen LogP contribution >= 0.6 is 0 Å². The molecule has 0 spiro atoms. The Bertz CT molecular complexity index is 890. The van der Waals surface area contributed by atoms with E-state index >= 15 is 0 Å². The smallest absolute Gasteiger partial charge is 0.244 e. The lowest BCUT2D eigenvalue weighted by molar-refractivity contribution is -0.120. The van der Waals surface area contributed by atoms with Crippen LogP contribution in [0.4, 0.5) is 5.69 Å². The van der Waals surface area contributed by atoms with Gasteiger partial charge in [-0.25, -0.2) is 8.42 Å². The van der Waals surface area contributed by atoms with Crippen molar-refractivity contribution in [2.75, 3.05) is 18.4 Å². The van der Waals surface area contributed by atoms with Crippen LogP contribution in [0.2, 0.25) is 0 Å². The Morgan fingerprint density at radius 3 is 2.27 bits per heavy atom. The molecule has 7 heteroatoms. The van der Waals surface area contributed by atoms with E-state index in [1.165, 1.54) is 4.31 Å². The lowest BCUT2D eigenvalue weighted by atomic mass is 9.96. The summed E-state index contributed by atoms with van der Waals surface area (Å²) in [6.07, 6.45) is 4.39. The van der Waals surface area contributed by atoms with E-state index < -0.39 is 10.0 Å². The second kappa shape index (κ2) is 7.25. The molecule has 2 heterocycles. The van der Waals surface area contributed by atoms with E-state index in [-0.39, 0.29) is 11.8 Å². The Morgan fingerprint density at radius 2 is 1.73 bits per heavy atom. The first kappa shape index (κ1) is 18.7. The summed E-state index contributed by atoms with van der Waals surface area (Å²) in [7, 11) is -1.69. The SMILES string of the molecule is Cc1cccc(C)c1NC(=O)C1CCN(S(=O)(=O)c2ccn(C)c2)CC1. The zero-order valence-corrected chi connectivity index (χ0v) is 16.2. The molecule has 1 saturated heterocycles. The summed E-state index contributed by atoms with van der Waals surface area (Å²) in [5.74, 6) is -0.199. The monoisotopic (exact) mass is 375 g/mol. The Kier molecular flexibility index (Phi) is 5.20. The Balaban J connectivity index is 1.64. The van der Waals surface area contributed by atoms with Crippen molar-refractivity contribution in [3.63, 3.8) is 0 Å². The van der Waals surface area contributed by atoms with Crippen LogP contribution in [0.1, 0.15) is 24.0 Å². The van der Waals surface area contributed by atoms with Gasteiger partial charge in [0, 0.05) is 44.1 Å². The van der Waals surface area contributed by atoms with Crippen molar-refractivity contribution in [3.05, 3.63) is 47.8 Å². The Labute approximate surface area is 154 Å². The molecule has 0 unspecified atom stereocenters. The predicted molar refractivity (Wildman–Crippen MR) is 101 cm³/mol. The van der Waals surface area contributed by atoms with Crippen molar-refractivity contribution in [3.8, 4) is 0 Å². The molecule has 1 N–H and O–H groups in total. The second-order valence-corrected chi connectivity index (χ2v) is 8.89. The molecule has 26 heavy (non-hydrogen) atoms. The third-order valence-corrected chi connectivity index (χ3v) is 6.88. The number of sulfonamides is 1. The summed E-state index contributed by atoms with van der Waals surface area (Å²) in [5, 5.41) is 3.03. The second-order valence-electron chi connectivity index (χ2n) is 6.95. The van der Waals surface area contributed by atoms with E-state index in [9.17, 15) is 13.2 Å². The molecule has 0 atom stereocenters. The highest BCUT2D eigenvalue weighted by Crippen LogP contribution is 2.26. The van der Waals surface area contributed by atoms with Crippen molar-refractivity contribution < 1.29 is 13.2 Å². The molecule has 1 aromatic heterocycles. The number of hydrogen-bond donors (Lipinski definition) is 1. The Hall–Kier alpha value is -2.12. The third kappa shape index (κ3) is 3.68. The summed E-state index contributed by atoms with van der Waals surface area (Å²) in [4.78, 5) is 12.9. The van der Waals surface area contributed by atoms with Gasteiger partial charge in [0.25, 0.3) is 0 Å². The molecule has 0 radical (unpaired) electrons. The molecular formula is C19H25N3O3S. The molecule has 0 saturated carbocycles. The van der Waals surface area contributed by atoms with Gasteiger partial charge in [-0.15, -0.1) is 0 Å². The van der Waals surface area contributed by atoms with Gasteiger partial charge in [0.2, 0.25) is 15.9 Å². The molecule has 2 aromatic rings. The predicted octanol–water partition coefficient (Wildman–Crippen LogP) is 2.68. The minimum Gasteiger partial charge on any atom is -0.356 e. The van der Waals surface area contributed by atoms with Gasteiger partial charge in [-0.2, -0.15) is 4.31 Å². The van der Waals surface area contributed by atoms with Gasteiger partial charge in [0.1, 0.15) is 0 Å². The standard InChI is InChI=1S/C19H25N3O3S/c1-14-5-4-6-15(2)18(14)20-19(23)16-7-11-22(12-8-16)26(24,25)17-9-10-21(3)13-17/h4-6,9-10,13,16H,7-8,11-12H2,1-3H3,(H,20,23). The van der Waals surface area contributed by atoms with Gasteiger partial charge in [-0.1, -0.05) is 18.2 Å². The maximum absolute atomic E-state index is 12.7. The third-order valence-electron chi connectivity index (χ3n) is 5.00. The van der Waals surface area contributed by atoms with Crippen LogP contribution in [0.25, 0.3) is 0 Å². The minimum absolute atomic E-state index is 0.0286. The van der Waals surface area contributed by atoms with E-state index in [1.807, 2.05) is 32.0 Å². The number of piperidine rings is 1. The molecule has 1 aromatic carbocycles. The fraction of sp³-hybridized carbons (Fsp3) is 0.421. The van der Waals surface area contributed by atoms with Crippen LogP contribution in [0.3, 0.4) is 0 Å². The van der Waals surface area contributed by atoms with Crippen LogP contribution in [-0.2, 0) is 21.9 Å². The summed E-state index contributed by atoms with van der Waals surface area (Å²) < 4.78 is 28.5.